The zero-order valence-electron chi connectivity index (χ0n) is 19.8. The Morgan fingerprint density at radius 1 is 0.886 bits per heavy atom. The van der Waals surface area contributed by atoms with Crippen LogP contribution >= 0.6 is 22.7 Å². The van der Waals surface area contributed by atoms with Crippen LogP contribution in [0.15, 0.2) is 56.7 Å². The molecular weight excluding hydrogens is 480 g/mol. The van der Waals surface area contributed by atoms with Crippen molar-refractivity contribution in [1.82, 2.24) is 9.97 Å². The van der Waals surface area contributed by atoms with Gasteiger partial charge in [-0.15, -0.1) is 22.7 Å². The fourth-order valence-corrected chi connectivity index (χ4v) is 4.96. The smallest absolute Gasteiger partial charge is 0.266 e. The largest absolute Gasteiger partial charge is 0.365 e. The molecule has 4 aromatic rings. The Labute approximate surface area is 210 Å². The van der Waals surface area contributed by atoms with E-state index in [1.165, 1.54) is 11.3 Å². The summed E-state index contributed by atoms with van der Waals surface area (Å²) in [6.45, 7) is 7.82. The number of nitrogens with zero attached hydrogens (tertiary/aromatic N) is 1. The molecule has 0 spiro atoms. The lowest BCUT2D eigenvalue weighted by Crippen LogP contribution is -2.26. The zero-order valence-corrected chi connectivity index (χ0v) is 21.5. The number of aromatic amines is 2. The van der Waals surface area contributed by atoms with Crippen molar-refractivity contribution in [1.29, 1.82) is 5.26 Å². The minimum absolute atomic E-state index is 0.0605. The fourth-order valence-electron chi connectivity index (χ4n) is 3.57. The van der Waals surface area contributed by atoms with Crippen LogP contribution in [0, 0.1) is 11.3 Å². The standard InChI is InChI=1S/C13H14N2O2S.C13H12N2OS/c1-7(2)8-6-9(10-4-3-5-18-10)15-13(17)11(8)12(14)16;1-8(2)9-6-11(12-4-3-5-17-12)15-13(16)10(9)7-14/h3-7H,1-2H3,(H2,14,16)(H,15,17);3-6,8H,1-2H3,(H,15,16). The van der Waals surface area contributed by atoms with Gasteiger partial charge in [0.1, 0.15) is 17.2 Å². The summed E-state index contributed by atoms with van der Waals surface area (Å²) in [4.78, 5) is 42.6. The lowest BCUT2D eigenvalue weighted by atomic mass is 9.97. The van der Waals surface area contributed by atoms with E-state index in [0.717, 1.165) is 26.7 Å². The summed E-state index contributed by atoms with van der Waals surface area (Å²) in [5.41, 5.74) is 7.83. The number of amides is 1. The van der Waals surface area contributed by atoms with Crippen molar-refractivity contribution in [2.45, 2.75) is 39.5 Å². The summed E-state index contributed by atoms with van der Waals surface area (Å²) >= 11 is 3.10. The number of aromatic nitrogens is 2. The van der Waals surface area contributed by atoms with Crippen molar-refractivity contribution in [3.8, 4) is 27.2 Å². The van der Waals surface area contributed by atoms with E-state index in [4.69, 9.17) is 11.0 Å². The fraction of sp³-hybridized carbons (Fsp3) is 0.231. The van der Waals surface area contributed by atoms with E-state index in [9.17, 15) is 14.4 Å². The Morgan fingerprint density at radius 2 is 1.37 bits per heavy atom. The van der Waals surface area contributed by atoms with Crippen LogP contribution in [0.25, 0.3) is 21.1 Å². The second-order valence-electron chi connectivity index (χ2n) is 8.43. The van der Waals surface area contributed by atoms with Crippen LogP contribution < -0.4 is 16.9 Å². The molecule has 7 nitrogen and oxygen atoms in total. The zero-order chi connectivity index (χ0) is 25.7. The number of hydrogen-bond donors (Lipinski definition) is 3. The number of thiophene rings is 2. The van der Waals surface area contributed by atoms with E-state index < -0.39 is 11.5 Å². The molecule has 0 aliphatic rings. The first kappa shape index (κ1) is 25.9. The van der Waals surface area contributed by atoms with Gasteiger partial charge in [-0.05, 0) is 58.0 Å². The monoisotopic (exact) mass is 506 g/mol. The average Bonchev–Trinajstić information content (AvgIpc) is 3.52. The lowest BCUT2D eigenvalue weighted by molar-refractivity contribution is 0.0997. The van der Waals surface area contributed by atoms with Crippen LogP contribution in [0.1, 0.15) is 66.6 Å². The molecule has 9 heteroatoms. The highest BCUT2D eigenvalue weighted by Crippen LogP contribution is 2.27. The summed E-state index contributed by atoms with van der Waals surface area (Å²) < 4.78 is 0. The predicted octanol–water partition coefficient (Wildman–Crippen LogP) is 5.42. The minimum Gasteiger partial charge on any atom is -0.365 e. The number of nitrogens with two attached hydrogens (primary N) is 1. The molecule has 0 saturated carbocycles. The molecule has 0 aliphatic carbocycles. The number of rotatable bonds is 5. The first-order valence-electron chi connectivity index (χ1n) is 11.0. The SMILES string of the molecule is CC(C)c1cc(-c2cccs2)[nH]c(=O)c1C#N.CC(C)c1cc(-c2cccs2)[nH]c(=O)c1C(N)=O. The molecule has 180 valence electrons. The summed E-state index contributed by atoms with van der Waals surface area (Å²) in [5.74, 6) is -0.461. The van der Waals surface area contributed by atoms with Crippen LogP contribution in [-0.4, -0.2) is 15.9 Å². The maximum absolute atomic E-state index is 12.0. The van der Waals surface area contributed by atoms with Gasteiger partial charge in [0, 0.05) is 0 Å². The highest BCUT2D eigenvalue weighted by atomic mass is 32.1. The first-order valence-corrected chi connectivity index (χ1v) is 12.7. The van der Waals surface area contributed by atoms with Gasteiger partial charge in [-0.1, -0.05) is 39.8 Å². The Morgan fingerprint density at radius 3 is 1.77 bits per heavy atom. The average molecular weight is 507 g/mol. The molecule has 0 aliphatic heterocycles. The van der Waals surface area contributed by atoms with E-state index in [2.05, 4.69) is 9.97 Å². The third-order valence-electron chi connectivity index (χ3n) is 5.30. The maximum Gasteiger partial charge on any atom is 0.266 e. The maximum atomic E-state index is 12.0. The first-order chi connectivity index (χ1) is 16.6. The van der Waals surface area contributed by atoms with E-state index in [-0.39, 0.29) is 28.5 Å². The summed E-state index contributed by atoms with van der Waals surface area (Å²) in [6.07, 6.45) is 0. The molecule has 4 rings (SSSR count). The van der Waals surface area contributed by atoms with E-state index in [0.29, 0.717) is 5.56 Å². The third kappa shape index (κ3) is 5.85. The van der Waals surface area contributed by atoms with E-state index >= 15 is 0 Å². The van der Waals surface area contributed by atoms with Crippen LogP contribution in [0.2, 0.25) is 0 Å². The molecule has 0 radical (unpaired) electrons. The van der Waals surface area contributed by atoms with Gasteiger partial charge >= 0.3 is 0 Å². The molecule has 0 atom stereocenters. The Hall–Kier alpha value is -3.74. The van der Waals surface area contributed by atoms with Gasteiger partial charge in [0.15, 0.2) is 0 Å². The number of pyridine rings is 2. The molecule has 1 amide bonds. The van der Waals surface area contributed by atoms with Gasteiger partial charge in [0.25, 0.3) is 17.0 Å². The Kier molecular flexibility index (Phi) is 8.22. The Bertz CT molecular complexity index is 1470. The highest BCUT2D eigenvalue weighted by Gasteiger charge is 2.18. The molecule has 4 heterocycles. The molecule has 4 N–H and O–H groups in total. The van der Waals surface area contributed by atoms with Gasteiger partial charge in [0.2, 0.25) is 0 Å². The number of primary amides is 1. The van der Waals surface area contributed by atoms with Crippen molar-refractivity contribution >= 4 is 28.6 Å². The molecule has 0 unspecified atom stereocenters. The molecule has 0 aromatic carbocycles. The van der Waals surface area contributed by atoms with Gasteiger partial charge in [-0.2, -0.15) is 5.26 Å². The molecule has 0 saturated heterocycles. The minimum atomic E-state index is -0.683. The summed E-state index contributed by atoms with van der Waals surface area (Å²) in [7, 11) is 0. The van der Waals surface area contributed by atoms with Gasteiger partial charge < -0.3 is 15.7 Å². The molecule has 0 fully saturated rings. The van der Waals surface area contributed by atoms with Crippen molar-refractivity contribution in [2.24, 2.45) is 5.73 Å². The van der Waals surface area contributed by atoms with Crippen molar-refractivity contribution in [3.63, 3.8) is 0 Å². The van der Waals surface area contributed by atoms with Crippen LogP contribution in [0.4, 0.5) is 0 Å². The molecule has 0 bridgehead atoms. The molecule has 4 aromatic heterocycles. The van der Waals surface area contributed by atoms with E-state index in [1.54, 1.807) is 11.3 Å². The van der Waals surface area contributed by atoms with Crippen LogP contribution in [0.3, 0.4) is 0 Å². The van der Waals surface area contributed by atoms with Crippen molar-refractivity contribution in [2.75, 3.05) is 0 Å². The quantitative estimate of drug-likeness (QED) is 0.333. The number of hydrogen-bond acceptors (Lipinski definition) is 6. The second-order valence-corrected chi connectivity index (χ2v) is 10.3. The van der Waals surface area contributed by atoms with Gasteiger partial charge in [0.05, 0.1) is 21.1 Å². The van der Waals surface area contributed by atoms with Gasteiger partial charge in [-0.25, -0.2) is 0 Å². The summed E-state index contributed by atoms with van der Waals surface area (Å²) in [5, 5.41) is 12.9. The number of nitriles is 1. The van der Waals surface area contributed by atoms with Crippen molar-refractivity contribution in [3.05, 3.63) is 90.1 Å². The van der Waals surface area contributed by atoms with Gasteiger partial charge in [-0.3, -0.25) is 14.4 Å². The number of H-pyrrole nitrogens is 2. The topological polar surface area (TPSA) is 133 Å². The normalized spacial score (nSPS) is 10.7. The molecule has 35 heavy (non-hydrogen) atoms. The number of carbonyl (C=O) groups excluding carboxylic acids is 1. The van der Waals surface area contributed by atoms with E-state index in [1.807, 2.05) is 80.9 Å². The van der Waals surface area contributed by atoms with Crippen molar-refractivity contribution < 1.29 is 4.79 Å². The lowest BCUT2D eigenvalue weighted by Gasteiger charge is -2.11. The summed E-state index contributed by atoms with van der Waals surface area (Å²) in [6, 6.07) is 13.4. The number of nitrogens with one attached hydrogen (secondary N) is 2. The molecular formula is C26H26N4O3S2. The predicted molar refractivity (Wildman–Crippen MR) is 142 cm³/mol. The van der Waals surface area contributed by atoms with Crippen LogP contribution in [0.5, 0.6) is 0 Å². The Balaban J connectivity index is 0.000000196. The third-order valence-corrected chi connectivity index (χ3v) is 7.11. The highest BCUT2D eigenvalue weighted by molar-refractivity contribution is 7.13. The van der Waals surface area contributed by atoms with Crippen LogP contribution in [-0.2, 0) is 0 Å². The second kappa shape index (κ2) is 11.1. The number of carbonyl (C=O) groups is 1.